The molecule has 1 unspecified atom stereocenters. The van der Waals surface area contributed by atoms with E-state index in [1.165, 1.54) is 12.0 Å². The molecule has 0 radical (unpaired) electrons. The number of hydrogen-bond acceptors (Lipinski definition) is 5. The number of likely N-dealkylation sites (tertiary alicyclic amines) is 1. The van der Waals surface area contributed by atoms with Crippen LogP contribution >= 0.6 is 0 Å². The topological polar surface area (TPSA) is 76.1 Å². The molecule has 2 aromatic carbocycles. The van der Waals surface area contributed by atoms with E-state index in [9.17, 15) is 14.7 Å². The molecule has 152 valence electrons. The lowest BCUT2D eigenvalue weighted by Gasteiger charge is -2.25. The molecule has 0 saturated carbocycles. The van der Waals surface area contributed by atoms with Crippen molar-refractivity contribution in [2.75, 3.05) is 20.8 Å². The molecule has 1 heterocycles. The summed E-state index contributed by atoms with van der Waals surface area (Å²) in [6, 6.07) is 11.8. The zero-order chi connectivity index (χ0) is 21.1. The molecule has 6 nitrogen and oxygen atoms in total. The third kappa shape index (κ3) is 3.70. The van der Waals surface area contributed by atoms with Crippen LogP contribution in [-0.2, 0) is 9.59 Å². The Morgan fingerprint density at radius 2 is 1.86 bits per heavy atom. The summed E-state index contributed by atoms with van der Waals surface area (Å²) in [5, 5.41) is 11.2. The summed E-state index contributed by atoms with van der Waals surface area (Å²) in [4.78, 5) is 27.2. The molecule has 1 aliphatic rings. The van der Waals surface area contributed by atoms with Crippen molar-refractivity contribution in [2.45, 2.75) is 26.3 Å². The van der Waals surface area contributed by atoms with Crippen LogP contribution in [0.4, 0.5) is 0 Å². The number of carbonyl (C=O) groups excluding carboxylic acids is 2. The van der Waals surface area contributed by atoms with E-state index in [1.54, 1.807) is 37.4 Å². The normalized spacial score (nSPS) is 18.2. The molecule has 0 aromatic heterocycles. The Morgan fingerprint density at radius 1 is 1.10 bits per heavy atom. The molecule has 6 heteroatoms. The summed E-state index contributed by atoms with van der Waals surface area (Å²) >= 11 is 0. The summed E-state index contributed by atoms with van der Waals surface area (Å²) in [5.74, 6) is -0.521. The van der Waals surface area contributed by atoms with Crippen LogP contribution in [0.15, 0.2) is 48.0 Å². The number of nitrogens with zero attached hydrogens (tertiary/aromatic N) is 1. The number of amides is 1. The Morgan fingerprint density at radius 3 is 2.52 bits per heavy atom. The molecule has 1 saturated heterocycles. The second-order valence-corrected chi connectivity index (χ2v) is 6.97. The van der Waals surface area contributed by atoms with Gasteiger partial charge in [-0.2, -0.15) is 0 Å². The van der Waals surface area contributed by atoms with Gasteiger partial charge in [-0.25, -0.2) is 0 Å². The number of rotatable bonds is 6. The second-order valence-electron chi connectivity index (χ2n) is 6.97. The fourth-order valence-electron chi connectivity index (χ4n) is 3.66. The van der Waals surface area contributed by atoms with Crippen LogP contribution < -0.4 is 9.47 Å². The van der Waals surface area contributed by atoms with Crippen molar-refractivity contribution in [3.63, 3.8) is 0 Å². The average Bonchev–Trinajstić information content (AvgIpc) is 2.98. The van der Waals surface area contributed by atoms with Crippen molar-refractivity contribution in [3.8, 4) is 11.5 Å². The number of ketones is 1. The van der Waals surface area contributed by atoms with Gasteiger partial charge in [0.25, 0.3) is 11.7 Å². The molecule has 1 fully saturated rings. The SMILES string of the molecule is CCCN1C(=O)C(=O)/C(=C(/O)c2cc(C)ccc2OC)C1c1cccc(OC)c1. The minimum atomic E-state index is -0.702. The Labute approximate surface area is 170 Å². The Hall–Kier alpha value is -3.28. The lowest BCUT2D eigenvalue weighted by molar-refractivity contribution is -0.139. The fraction of sp³-hybridized carbons (Fsp3) is 0.304. The summed E-state index contributed by atoms with van der Waals surface area (Å²) in [7, 11) is 3.05. The lowest BCUT2D eigenvalue weighted by atomic mass is 9.94. The monoisotopic (exact) mass is 395 g/mol. The highest BCUT2D eigenvalue weighted by Gasteiger charge is 2.46. The zero-order valence-corrected chi connectivity index (χ0v) is 17.1. The molecule has 1 aliphatic heterocycles. The van der Waals surface area contributed by atoms with Gasteiger partial charge in [-0.1, -0.05) is 30.7 Å². The Kier molecular flexibility index (Phi) is 5.92. The van der Waals surface area contributed by atoms with Gasteiger partial charge in [0.1, 0.15) is 17.3 Å². The first-order valence-electron chi connectivity index (χ1n) is 9.50. The zero-order valence-electron chi connectivity index (χ0n) is 17.1. The van der Waals surface area contributed by atoms with Crippen LogP contribution in [-0.4, -0.2) is 42.5 Å². The average molecular weight is 395 g/mol. The molecule has 1 amide bonds. The molecule has 0 aliphatic carbocycles. The van der Waals surface area contributed by atoms with E-state index in [-0.39, 0.29) is 11.3 Å². The third-order valence-electron chi connectivity index (χ3n) is 5.02. The van der Waals surface area contributed by atoms with Gasteiger partial charge in [0.05, 0.1) is 31.4 Å². The molecule has 1 atom stereocenters. The smallest absolute Gasteiger partial charge is 0.295 e. The van der Waals surface area contributed by atoms with Crippen LogP contribution in [0.5, 0.6) is 11.5 Å². The van der Waals surface area contributed by atoms with Crippen molar-refractivity contribution in [1.29, 1.82) is 0 Å². The number of carbonyl (C=O) groups is 2. The van der Waals surface area contributed by atoms with Crippen LogP contribution in [0.3, 0.4) is 0 Å². The summed E-state index contributed by atoms with van der Waals surface area (Å²) in [6.07, 6.45) is 0.682. The van der Waals surface area contributed by atoms with Gasteiger partial charge in [0.2, 0.25) is 0 Å². The van der Waals surface area contributed by atoms with E-state index in [2.05, 4.69) is 0 Å². The van der Waals surface area contributed by atoms with E-state index < -0.39 is 17.7 Å². The predicted molar refractivity (Wildman–Crippen MR) is 110 cm³/mol. The minimum Gasteiger partial charge on any atom is -0.507 e. The number of aliphatic hydroxyl groups excluding tert-OH is 1. The van der Waals surface area contributed by atoms with Gasteiger partial charge in [0.15, 0.2) is 0 Å². The van der Waals surface area contributed by atoms with E-state index in [4.69, 9.17) is 9.47 Å². The van der Waals surface area contributed by atoms with Gasteiger partial charge in [0, 0.05) is 6.54 Å². The number of aryl methyl sites for hydroxylation is 1. The maximum absolute atomic E-state index is 12.9. The first-order chi connectivity index (χ1) is 13.9. The molecule has 2 aromatic rings. The van der Waals surface area contributed by atoms with Crippen molar-refractivity contribution >= 4 is 17.4 Å². The first-order valence-corrected chi connectivity index (χ1v) is 9.50. The van der Waals surface area contributed by atoms with Gasteiger partial charge in [-0.3, -0.25) is 9.59 Å². The first kappa shape index (κ1) is 20.5. The highest BCUT2D eigenvalue weighted by molar-refractivity contribution is 6.46. The number of ether oxygens (including phenoxy) is 2. The maximum atomic E-state index is 12.9. The third-order valence-corrected chi connectivity index (χ3v) is 5.02. The fourth-order valence-corrected chi connectivity index (χ4v) is 3.66. The summed E-state index contributed by atoms with van der Waals surface area (Å²) in [5.41, 5.74) is 2.04. The van der Waals surface area contributed by atoms with Crippen LogP contribution in [0.1, 0.15) is 36.1 Å². The highest BCUT2D eigenvalue weighted by atomic mass is 16.5. The quantitative estimate of drug-likeness (QED) is 0.457. The van der Waals surface area contributed by atoms with Crippen molar-refractivity contribution in [2.24, 2.45) is 0 Å². The van der Waals surface area contributed by atoms with Gasteiger partial charge in [-0.05, 0) is 43.2 Å². The van der Waals surface area contributed by atoms with E-state index in [1.807, 2.05) is 26.0 Å². The van der Waals surface area contributed by atoms with Crippen molar-refractivity contribution in [3.05, 3.63) is 64.7 Å². The number of hydrogen-bond donors (Lipinski definition) is 1. The van der Waals surface area contributed by atoms with E-state index >= 15 is 0 Å². The van der Waals surface area contributed by atoms with Crippen molar-refractivity contribution < 1.29 is 24.2 Å². The number of Topliss-reactive ketones (excluding diaryl/α,β-unsaturated/α-hetero) is 1. The van der Waals surface area contributed by atoms with Gasteiger partial charge >= 0.3 is 0 Å². The van der Waals surface area contributed by atoms with Crippen LogP contribution in [0.25, 0.3) is 5.76 Å². The van der Waals surface area contributed by atoms with Gasteiger partial charge < -0.3 is 19.5 Å². The van der Waals surface area contributed by atoms with E-state index in [0.29, 0.717) is 35.6 Å². The molecule has 0 bridgehead atoms. The summed E-state index contributed by atoms with van der Waals surface area (Å²) in [6.45, 7) is 4.21. The number of methoxy groups -OCH3 is 2. The molecular formula is C23H25NO5. The molecule has 1 N–H and O–H groups in total. The Balaban J connectivity index is 2.25. The predicted octanol–water partition coefficient (Wildman–Crippen LogP) is 3.84. The highest BCUT2D eigenvalue weighted by Crippen LogP contribution is 2.41. The number of benzene rings is 2. The lowest BCUT2D eigenvalue weighted by Crippen LogP contribution is -2.30. The van der Waals surface area contributed by atoms with Crippen molar-refractivity contribution in [1.82, 2.24) is 4.90 Å². The molecule has 3 rings (SSSR count). The molecule has 0 spiro atoms. The minimum absolute atomic E-state index is 0.0561. The van der Waals surface area contributed by atoms with E-state index in [0.717, 1.165) is 5.56 Å². The maximum Gasteiger partial charge on any atom is 0.295 e. The van der Waals surface area contributed by atoms with Crippen LogP contribution in [0, 0.1) is 6.92 Å². The summed E-state index contributed by atoms with van der Waals surface area (Å²) < 4.78 is 10.7. The van der Waals surface area contributed by atoms with Crippen LogP contribution in [0.2, 0.25) is 0 Å². The second kappa shape index (κ2) is 8.39. The standard InChI is InChI=1S/C23H25NO5/c1-5-11-24-20(15-7-6-8-16(13-15)28-3)19(22(26)23(24)27)21(25)17-12-14(2)9-10-18(17)29-4/h6-10,12-13,20,25H,5,11H2,1-4H3/b21-19+. The molecule has 29 heavy (non-hydrogen) atoms. The van der Waals surface area contributed by atoms with Gasteiger partial charge in [-0.15, -0.1) is 0 Å². The number of aliphatic hydroxyl groups is 1. The Bertz CT molecular complexity index is 979. The molecular weight excluding hydrogens is 370 g/mol. The largest absolute Gasteiger partial charge is 0.507 e.